The zero-order chi connectivity index (χ0) is 7.84. The molecule has 0 fully saturated rings. The van der Waals surface area contributed by atoms with Crippen molar-refractivity contribution in [3.05, 3.63) is 12.0 Å². The normalized spacial score (nSPS) is 21.1. The summed E-state index contributed by atoms with van der Waals surface area (Å²) >= 11 is 1.78. The lowest BCUT2D eigenvalue weighted by Gasteiger charge is -1.98. The zero-order valence-electron chi connectivity index (χ0n) is 6.46. The van der Waals surface area contributed by atoms with Crippen LogP contribution in [-0.2, 0) is 0 Å². The zero-order valence-corrected chi connectivity index (χ0v) is 7.27. The van der Waals surface area contributed by atoms with Crippen molar-refractivity contribution in [1.82, 2.24) is 9.97 Å². The van der Waals surface area contributed by atoms with Crippen molar-refractivity contribution < 1.29 is 0 Å². The van der Waals surface area contributed by atoms with Crippen molar-refractivity contribution in [1.29, 1.82) is 0 Å². The maximum absolute atomic E-state index is 4.13. The summed E-state index contributed by atoms with van der Waals surface area (Å²) in [4.78, 5) is 9.44. The van der Waals surface area contributed by atoms with Crippen molar-refractivity contribution in [2.75, 3.05) is 5.32 Å². The molecule has 0 amide bonds. The molecule has 1 aliphatic rings. The third kappa shape index (κ3) is 1.07. The molecule has 4 heteroatoms. The van der Waals surface area contributed by atoms with Gasteiger partial charge in [-0.3, -0.25) is 0 Å². The second-order valence-electron chi connectivity index (χ2n) is 2.54. The summed E-state index contributed by atoms with van der Waals surface area (Å²) in [6.45, 7) is 4.12. The first-order valence-electron chi connectivity index (χ1n) is 3.52. The van der Waals surface area contributed by atoms with Crippen LogP contribution in [0.2, 0.25) is 0 Å². The Balaban J connectivity index is 2.49. The smallest absolute Gasteiger partial charge is 0.144 e. The third-order valence-corrected chi connectivity index (χ3v) is 2.81. The van der Waals surface area contributed by atoms with Crippen LogP contribution in [0.25, 0.3) is 0 Å². The minimum absolute atomic E-state index is 0.431. The minimum atomic E-state index is 0.431. The highest BCUT2D eigenvalue weighted by atomic mass is 32.2. The molecule has 0 spiro atoms. The Morgan fingerprint density at radius 3 is 3.09 bits per heavy atom. The summed E-state index contributed by atoms with van der Waals surface area (Å²) in [7, 11) is 0. The van der Waals surface area contributed by atoms with E-state index >= 15 is 0 Å². The van der Waals surface area contributed by atoms with Crippen LogP contribution in [0.1, 0.15) is 12.6 Å². The second kappa shape index (κ2) is 2.37. The number of rotatable bonds is 0. The minimum Gasteiger partial charge on any atom is -0.357 e. The SMILES string of the molecule is Cc1ncnc2c1SC(C)N2. The first-order chi connectivity index (χ1) is 5.27. The molecule has 1 atom stereocenters. The van der Waals surface area contributed by atoms with Crippen LogP contribution in [-0.4, -0.2) is 15.3 Å². The average molecular weight is 167 g/mol. The fourth-order valence-corrected chi connectivity index (χ4v) is 2.08. The van der Waals surface area contributed by atoms with E-state index in [-0.39, 0.29) is 0 Å². The molecule has 58 valence electrons. The van der Waals surface area contributed by atoms with Crippen LogP contribution in [0.15, 0.2) is 11.2 Å². The number of hydrogen-bond donors (Lipinski definition) is 1. The molecule has 1 aliphatic heterocycles. The molecule has 0 aliphatic carbocycles. The lowest BCUT2D eigenvalue weighted by atomic mass is 10.4. The van der Waals surface area contributed by atoms with E-state index in [1.807, 2.05) is 6.92 Å². The number of nitrogens with zero attached hydrogens (tertiary/aromatic N) is 2. The molecule has 2 rings (SSSR count). The number of fused-ring (bicyclic) bond motifs is 1. The Bertz CT molecular complexity index is 287. The van der Waals surface area contributed by atoms with E-state index in [0.717, 1.165) is 11.5 Å². The summed E-state index contributed by atoms with van der Waals surface area (Å²) in [6, 6.07) is 0. The third-order valence-electron chi connectivity index (χ3n) is 1.62. The summed E-state index contributed by atoms with van der Waals surface area (Å²) in [5, 5.41) is 3.68. The lowest BCUT2D eigenvalue weighted by Crippen LogP contribution is -2.03. The first-order valence-corrected chi connectivity index (χ1v) is 4.40. The highest BCUT2D eigenvalue weighted by Crippen LogP contribution is 2.37. The van der Waals surface area contributed by atoms with Gasteiger partial charge in [-0.1, -0.05) is 11.8 Å². The van der Waals surface area contributed by atoms with Gasteiger partial charge in [0.25, 0.3) is 0 Å². The Kier molecular flexibility index (Phi) is 1.49. The number of thioether (sulfide) groups is 1. The van der Waals surface area contributed by atoms with Crippen LogP contribution in [0.5, 0.6) is 0 Å². The first kappa shape index (κ1) is 6.91. The quantitative estimate of drug-likeness (QED) is 0.637. The molecular weight excluding hydrogens is 158 g/mol. The molecule has 1 aromatic heterocycles. The topological polar surface area (TPSA) is 37.8 Å². The van der Waals surface area contributed by atoms with Gasteiger partial charge in [-0.25, -0.2) is 9.97 Å². The van der Waals surface area contributed by atoms with Gasteiger partial charge in [0.15, 0.2) is 0 Å². The lowest BCUT2D eigenvalue weighted by molar-refractivity contribution is 1.02. The molecule has 1 aromatic rings. The highest BCUT2D eigenvalue weighted by Gasteiger charge is 2.20. The number of hydrogen-bond acceptors (Lipinski definition) is 4. The molecule has 0 saturated heterocycles. The van der Waals surface area contributed by atoms with Crippen molar-refractivity contribution in [3.63, 3.8) is 0 Å². The fourth-order valence-electron chi connectivity index (χ4n) is 1.10. The van der Waals surface area contributed by atoms with Gasteiger partial charge in [0.1, 0.15) is 12.1 Å². The molecule has 11 heavy (non-hydrogen) atoms. The summed E-state index contributed by atoms with van der Waals surface area (Å²) in [6.07, 6.45) is 1.60. The van der Waals surface area contributed by atoms with Crippen molar-refractivity contribution in [3.8, 4) is 0 Å². The molecule has 0 radical (unpaired) electrons. The number of anilines is 1. The molecule has 0 aromatic carbocycles. The van der Waals surface area contributed by atoms with Gasteiger partial charge in [-0.2, -0.15) is 0 Å². The van der Waals surface area contributed by atoms with Gasteiger partial charge in [0, 0.05) is 0 Å². The number of nitrogens with one attached hydrogen (secondary N) is 1. The van der Waals surface area contributed by atoms with Crippen LogP contribution in [0, 0.1) is 6.92 Å². The van der Waals surface area contributed by atoms with Gasteiger partial charge in [0.05, 0.1) is 16.0 Å². The Morgan fingerprint density at radius 2 is 2.36 bits per heavy atom. The second-order valence-corrected chi connectivity index (χ2v) is 3.89. The summed E-state index contributed by atoms with van der Waals surface area (Å²) in [5.74, 6) is 0.981. The van der Waals surface area contributed by atoms with Gasteiger partial charge < -0.3 is 5.32 Å². The monoisotopic (exact) mass is 167 g/mol. The molecule has 0 bridgehead atoms. The highest BCUT2D eigenvalue weighted by molar-refractivity contribution is 8.00. The van der Waals surface area contributed by atoms with Gasteiger partial charge in [-0.05, 0) is 13.8 Å². The summed E-state index contributed by atoms with van der Waals surface area (Å²) < 4.78 is 0. The average Bonchev–Trinajstić information content (AvgIpc) is 2.31. The fraction of sp³-hybridized carbons (Fsp3) is 0.429. The van der Waals surface area contributed by atoms with Crippen LogP contribution in [0.4, 0.5) is 5.82 Å². The van der Waals surface area contributed by atoms with E-state index in [9.17, 15) is 0 Å². The molecule has 2 heterocycles. The predicted octanol–water partition coefficient (Wildman–Crippen LogP) is 1.65. The maximum Gasteiger partial charge on any atom is 0.144 e. The van der Waals surface area contributed by atoms with E-state index in [1.165, 1.54) is 4.90 Å². The van der Waals surface area contributed by atoms with Crippen LogP contribution >= 0.6 is 11.8 Å². The van der Waals surface area contributed by atoms with Gasteiger partial charge in [-0.15, -0.1) is 0 Å². The largest absolute Gasteiger partial charge is 0.357 e. The van der Waals surface area contributed by atoms with E-state index in [2.05, 4.69) is 22.2 Å². The van der Waals surface area contributed by atoms with Crippen molar-refractivity contribution in [2.24, 2.45) is 0 Å². The Hall–Kier alpha value is -0.770. The predicted molar refractivity (Wildman–Crippen MR) is 45.7 cm³/mol. The standard InChI is InChI=1S/C7H9N3S/c1-4-6-7(9-3-8-4)10-5(2)11-6/h3,5H,1-2H3,(H,8,9,10). The molecule has 0 saturated carbocycles. The molecule has 1 N–H and O–H groups in total. The Morgan fingerprint density at radius 1 is 1.55 bits per heavy atom. The molecule has 1 unspecified atom stereocenters. The van der Waals surface area contributed by atoms with Gasteiger partial charge in [0.2, 0.25) is 0 Å². The Labute approximate surface area is 69.6 Å². The maximum atomic E-state index is 4.13. The molecular formula is C7H9N3S. The van der Waals surface area contributed by atoms with Crippen LogP contribution < -0.4 is 5.32 Å². The van der Waals surface area contributed by atoms with E-state index < -0.39 is 0 Å². The van der Waals surface area contributed by atoms with Crippen molar-refractivity contribution in [2.45, 2.75) is 24.1 Å². The van der Waals surface area contributed by atoms with E-state index in [4.69, 9.17) is 0 Å². The van der Waals surface area contributed by atoms with Crippen molar-refractivity contribution >= 4 is 17.6 Å². The van der Waals surface area contributed by atoms with E-state index in [0.29, 0.717) is 5.37 Å². The van der Waals surface area contributed by atoms with Crippen LogP contribution in [0.3, 0.4) is 0 Å². The number of aromatic nitrogens is 2. The van der Waals surface area contributed by atoms with E-state index in [1.54, 1.807) is 18.1 Å². The number of aryl methyl sites for hydroxylation is 1. The summed E-state index contributed by atoms with van der Waals surface area (Å²) in [5.41, 5.74) is 1.07. The van der Waals surface area contributed by atoms with Gasteiger partial charge >= 0.3 is 0 Å². The molecule has 3 nitrogen and oxygen atoms in total.